The van der Waals surface area contributed by atoms with Crippen molar-refractivity contribution < 1.29 is 19.1 Å². The molecule has 1 atom stereocenters. The predicted molar refractivity (Wildman–Crippen MR) is 104 cm³/mol. The van der Waals surface area contributed by atoms with E-state index in [2.05, 4.69) is 10.2 Å². The number of carbonyl (C=O) groups excluding carboxylic acids is 2. The number of para-hydroxylation sites is 1. The fourth-order valence-electron chi connectivity index (χ4n) is 2.72. The molecule has 150 valence electrons. The van der Waals surface area contributed by atoms with Gasteiger partial charge in [-0.05, 0) is 39.8 Å². The van der Waals surface area contributed by atoms with Crippen LogP contribution in [0.3, 0.4) is 0 Å². The number of hydrogen-bond acceptors (Lipinski definition) is 5. The van der Waals surface area contributed by atoms with Crippen molar-refractivity contribution >= 4 is 12.0 Å². The Morgan fingerprint density at radius 1 is 1.11 bits per heavy atom. The topological polar surface area (TPSA) is 71.1 Å². The fraction of sp³-hybridized carbons (Fsp3) is 0.600. The summed E-state index contributed by atoms with van der Waals surface area (Å²) in [5, 5.41) is 2.90. The van der Waals surface area contributed by atoms with Crippen LogP contribution < -0.4 is 10.1 Å². The van der Waals surface area contributed by atoms with Crippen molar-refractivity contribution in [3.63, 3.8) is 0 Å². The number of ether oxygens (including phenoxy) is 2. The first-order valence-corrected chi connectivity index (χ1v) is 9.44. The number of nitrogens with zero attached hydrogens (tertiary/aromatic N) is 2. The van der Waals surface area contributed by atoms with Gasteiger partial charge in [0.2, 0.25) is 0 Å². The van der Waals surface area contributed by atoms with Crippen molar-refractivity contribution in [2.75, 3.05) is 39.3 Å². The molecule has 0 bridgehead atoms. The average Bonchev–Trinajstić information content (AvgIpc) is 2.61. The number of piperazine rings is 1. The van der Waals surface area contributed by atoms with Crippen LogP contribution in [0.25, 0.3) is 0 Å². The molecule has 1 unspecified atom stereocenters. The summed E-state index contributed by atoms with van der Waals surface area (Å²) in [6.07, 6.45) is -0.807. The van der Waals surface area contributed by atoms with E-state index < -0.39 is 11.7 Å². The summed E-state index contributed by atoms with van der Waals surface area (Å²) in [5.74, 6) is 0.546. The van der Waals surface area contributed by atoms with E-state index in [1.54, 1.807) is 11.8 Å². The Labute approximate surface area is 161 Å². The molecule has 1 aromatic carbocycles. The second-order valence-electron chi connectivity index (χ2n) is 7.67. The van der Waals surface area contributed by atoms with Gasteiger partial charge in [-0.1, -0.05) is 18.2 Å². The van der Waals surface area contributed by atoms with Gasteiger partial charge in [-0.15, -0.1) is 0 Å². The highest BCUT2D eigenvalue weighted by Crippen LogP contribution is 2.12. The normalized spacial score (nSPS) is 16.5. The van der Waals surface area contributed by atoms with Crippen LogP contribution in [-0.2, 0) is 9.53 Å². The van der Waals surface area contributed by atoms with Gasteiger partial charge in [-0.3, -0.25) is 9.69 Å². The number of hydrogen-bond donors (Lipinski definition) is 1. The zero-order valence-electron chi connectivity index (χ0n) is 16.7. The van der Waals surface area contributed by atoms with Gasteiger partial charge in [-0.25, -0.2) is 4.79 Å². The quantitative estimate of drug-likeness (QED) is 0.822. The van der Waals surface area contributed by atoms with Crippen LogP contribution in [-0.4, -0.2) is 72.8 Å². The maximum atomic E-state index is 12.1. The number of rotatable bonds is 6. The molecule has 0 radical (unpaired) electrons. The highest BCUT2D eigenvalue weighted by atomic mass is 16.6. The Morgan fingerprint density at radius 3 is 2.33 bits per heavy atom. The molecule has 0 aromatic heterocycles. The first kappa shape index (κ1) is 21.0. The van der Waals surface area contributed by atoms with Gasteiger partial charge in [-0.2, -0.15) is 0 Å². The van der Waals surface area contributed by atoms with Crippen LogP contribution >= 0.6 is 0 Å². The summed E-state index contributed by atoms with van der Waals surface area (Å²) < 4.78 is 11.0. The molecule has 2 rings (SSSR count). The first-order chi connectivity index (χ1) is 12.7. The van der Waals surface area contributed by atoms with Crippen LogP contribution in [0.4, 0.5) is 4.79 Å². The molecule has 0 saturated carbocycles. The van der Waals surface area contributed by atoms with Gasteiger partial charge in [0.1, 0.15) is 11.4 Å². The molecule has 1 aliphatic heterocycles. The molecule has 0 spiro atoms. The number of carbonyl (C=O) groups is 2. The maximum Gasteiger partial charge on any atom is 0.410 e. The lowest BCUT2D eigenvalue weighted by molar-refractivity contribution is -0.127. The minimum absolute atomic E-state index is 0.133. The van der Waals surface area contributed by atoms with Crippen LogP contribution in [0.1, 0.15) is 27.7 Å². The van der Waals surface area contributed by atoms with Crippen LogP contribution in [0.5, 0.6) is 5.75 Å². The monoisotopic (exact) mass is 377 g/mol. The van der Waals surface area contributed by atoms with Crippen molar-refractivity contribution in [3.8, 4) is 5.75 Å². The molecule has 1 aliphatic rings. The molecule has 1 heterocycles. The maximum absolute atomic E-state index is 12.1. The summed E-state index contributed by atoms with van der Waals surface area (Å²) >= 11 is 0. The smallest absolute Gasteiger partial charge is 0.410 e. The third-order valence-electron chi connectivity index (χ3n) is 4.18. The molecular formula is C20H31N3O4. The minimum Gasteiger partial charge on any atom is -0.481 e. The lowest BCUT2D eigenvalue weighted by Gasteiger charge is -2.35. The van der Waals surface area contributed by atoms with Gasteiger partial charge in [0.15, 0.2) is 6.10 Å². The third kappa shape index (κ3) is 7.46. The van der Waals surface area contributed by atoms with Gasteiger partial charge in [0.05, 0.1) is 0 Å². The second-order valence-corrected chi connectivity index (χ2v) is 7.67. The molecule has 2 amide bonds. The summed E-state index contributed by atoms with van der Waals surface area (Å²) in [5.41, 5.74) is -0.475. The lowest BCUT2D eigenvalue weighted by atomic mass is 10.2. The largest absolute Gasteiger partial charge is 0.481 e. The zero-order valence-corrected chi connectivity index (χ0v) is 16.7. The van der Waals surface area contributed by atoms with E-state index in [-0.39, 0.29) is 12.0 Å². The van der Waals surface area contributed by atoms with Gasteiger partial charge in [0.25, 0.3) is 5.91 Å². The Bertz CT molecular complexity index is 607. The Morgan fingerprint density at radius 2 is 1.74 bits per heavy atom. The Balaban J connectivity index is 1.64. The third-order valence-corrected chi connectivity index (χ3v) is 4.18. The van der Waals surface area contributed by atoms with E-state index in [4.69, 9.17) is 9.47 Å². The van der Waals surface area contributed by atoms with E-state index in [1.807, 2.05) is 51.1 Å². The van der Waals surface area contributed by atoms with Gasteiger partial charge < -0.3 is 19.7 Å². The number of benzene rings is 1. The highest BCUT2D eigenvalue weighted by molar-refractivity contribution is 5.80. The average molecular weight is 377 g/mol. The summed E-state index contributed by atoms with van der Waals surface area (Å²) in [6, 6.07) is 9.30. The van der Waals surface area contributed by atoms with Crippen LogP contribution in [0, 0.1) is 0 Å². The van der Waals surface area contributed by atoms with E-state index in [0.717, 1.165) is 19.6 Å². The SMILES string of the molecule is CC(Oc1ccccc1)C(=O)NCCN1CCN(C(=O)OC(C)(C)C)CC1. The fourth-order valence-corrected chi connectivity index (χ4v) is 2.72. The van der Waals surface area contributed by atoms with E-state index in [9.17, 15) is 9.59 Å². The van der Waals surface area contributed by atoms with E-state index in [1.165, 1.54) is 0 Å². The summed E-state index contributed by atoms with van der Waals surface area (Å²) in [4.78, 5) is 28.2. The lowest BCUT2D eigenvalue weighted by Crippen LogP contribution is -2.51. The number of nitrogens with one attached hydrogen (secondary N) is 1. The van der Waals surface area contributed by atoms with Gasteiger partial charge in [0, 0.05) is 39.3 Å². The molecule has 1 N–H and O–H groups in total. The van der Waals surface area contributed by atoms with Crippen LogP contribution in [0.2, 0.25) is 0 Å². The van der Waals surface area contributed by atoms with E-state index >= 15 is 0 Å². The van der Waals surface area contributed by atoms with Gasteiger partial charge >= 0.3 is 6.09 Å². The van der Waals surface area contributed by atoms with Crippen molar-refractivity contribution in [2.24, 2.45) is 0 Å². The Hall–Kier alpha value is -2.28. The van der Waals surface area contributed by atoms with Crippen molar-refractivity contribution in [1.29, 1.82) is 0 Å². The standard InChI is InChI=1S/C20H31N3O4/c1-16(26-17-8-6-5-7-9-17)18(24)21-10-11-22-12-14-23(15-13-22)19(25)27-20(2,3)4/h5-9,16H,10-15H2,1-4H3,(H,21,24). The zero-order chi connectivity index (χ0) is 19.9. The second kappa shape index (κ2) is 9.60. The predicted octanol–water partition coefficient (Wildman–Crippen LogP) is 2.12. The molecule has 1 saturated heterocycles. The summed E-state index contributed by atoms with van der Waals surface area (Å²) in [6.45, 7) is 11.4. The molecule has 7 nitrogen and oxygen atoms in total. The molecule has 7 heteroatoms. The minimum atomic E-state index is -0.545. The molecule has 1 fully saturated rings. The number of amides is 2. The Kier molecular flexibility index (Phi) is 7.47. The van der Waals surface area contributed by atoms with Crippen molar-refractivity contribution in [2.45, 2.75) is 39.4 Å². The first-order valence-electron chi connectivity index (χ1n) is 9.44. The van der Waals surface area contributed by atoms with Crippen molar-refractivity contribution in [3.05, 3.63) is 30.3 Å². The molecular weight excluding hydrogens is 346 g/mol. The molecule has 0 aliphatic carbocycles. The highest BCUT2D eigenvalue weighted by Gasteiger charge is 2.25. The van der Waals surface area contributed by atoms with E-state index in [0.29, 0.717) is 25.4 Å². The molecule has 27 heavy (non-hydrogen) atoms. The summed E-state index contributed by atoms with van der Waals surface area (Å²) in [7, 11) is 0. The molecule has 1 aromatic rings. The van der Waals surface area contributed by atoms with Crippen molar-refractivity contribution in [1.82, 2.24) is 15.1 Å². The van der Waals surface area contributed by atoms with Crippen LogP contribution in [0.15, 0.2) is 30.3 Å².